The number of aliphatic hydroxyl groups is 1. The zero-order valence-corrected chi connectivity index (χ0v) is 12.6. The third-order valence-corrected chi connectivity index (χ3v) is 7.46. The Morgan fingerprint density at radius 1 is 1.33 bits per heavy atom. The lowest BCUT2D eigenvalue weighted by atomic mass is 9.81. The molecule has 1 saturated heterocycles. The second kappa shape index (κ2) is 5.21. The Kier molecular flexibility index (Phi) is 3.65. The Morgan fingerprint density at radius 2 is 2.10 bits per heavy atom. The fourth-order valence-corrected chi connectivity index (χ4v) is 5.38. The van der Waals surface area contributed by atoms with Gasteiger partial charge in [-0.05, 0) is 25.3 Å². The lowest BCUT2D eigenvalue weighted by Crippen LogP contribution is -2.46. The number of anilines is 1. The van der Waals surface area contributed by atoms with Crippen LogP contribution in [0.25, 0.3) is 0 Å². The summed E-state index contributed by atoms with van der Waals surface area (Å²) in [5.74, 6) is 0.103. The van der Waals surface area contributed by atoms with Crippen LogP contribution in [0.4, 0.5) is 10.2 Å². The molecule has 0 aromatic carbocycles. The van der Waals surface area contributed by atoms with Crippen LogP contribution in [-0.4, -0.2) is 42.1 Å². The van der Waals surface area contributed by atoms with Crippen molar-refractivity contribution in [3.8, 4) is 0 Å². The van der Waals surface area contributed by atoms with Gasteiger partial charge in [0.25, 0.3) is 0 Å². The van der Waals surface area contributed by atoms with Gasteiger partial charge in [-0.2, -0.15) is 0 Å². The van der Waals surface area contributed by atoms with Crippen LogP contribution in [0.5, 0.6) is 0 Å². The smallest absolute Gasteiger partial charge is 0.157 e. The van der Waals surface area contributed by atoms with Crippen molar-refractivity contribution >= 4 is 15.7 Å². The summed E-state index contributed by atoms with van der Waals surface area (Å²) in [5, 5.41) is 9.13. The zero-order chi connectivity index (χ0) is 15.1. The highest BCUT2D eigenvalue weighted by molar-refractivity contribution is 7.92. The fourth-order valence-electron chi connectivity index (χ4n) is 3.18. The molecule has 1 aromatic rings. The Hall–Kier alpha value is -1.21. The van der Waals surface area contributed by atoms with Crippen molar-refractivity contribution in [2.75, 3.05) is 23.7 Å². The molecule has 2 heterocycles. The molecule has 1 aliphatic carbocycles. The summed E-state index contributed by atoms with van der Waals surface area (Å²) in [6.07, 6.45) is 4.16. The third kappa shape index (κ3) is 2.42. The number of sulfone groups is 1. The lowest BCUT2D eigenvalue weighted by Gasteiger charge is -2.40. The first-order valence-electron chi connectivity index (χ1n) is 7.20. The number of hydrogen-bond donors (Lipinski definition) is 1. The Labute approximate surface area is 123 Å². The number of pyridine rings is 1. The Bertz CT molecular complexity index is 644. The summed E-state index contributed by atoms with van der Waals surface area (Å²) in [6, 6.07) is 1.50. The van der Waals surface area contributed by atoms with Gasteiger partial charge < -0.3 is 10.0 Å². The van der Waals surface area contributed by atoms with Crippen molar-refractivity contribution in [3.05, 3.63) is 23.6 Å². The minimum absolute atomic E-state index is 0.112. The van der Waals surface area contributed by atoms with Gasteiger partial charge in [0.15, 0.2) is 9.84 Å². The van der Waals surface area contributed by atoms with Crippen LogP contribution in [0, 0.1) is 5.82 Å². The summed E-state index contributed by atoms with van der Waals surface area (Å²) in [6.45, 7) is 0.577. The van der Waals surface area contributed by atoms with Crippen LogP contribution in [0.2, 0.25) is 0 Å². The first-order valence-corrected chi connectivity index (χ1v) is 8.85. The van der Waals surface area contributed by atoms with Crippen LogP contribution in [0.1, 0.15) is 31.2 Å². The van der Waals surface area contributed by atoms with E-state index in [1.54, 1.807) is 0 Å². The van der Waals surface area contributed by atoms with Crippen molar-refractivity contribution < 1.29 is 17.9 Å². The van der Waals surface area contributed by atoms with Crippen LogP contribution in [0.15, 0.2) is 12.3 Å². The van der Waals surface area contributed by atoms with Gasteiger partial charge in [-0.3, -0.25) is 0 Å². The Balaban J connectivity index is 1.85. The quantitative estimate of drug-likeness (QED) is 0.890. The predicted molar refractivity (Wildman–Crippen MR) is 77.3 cm³/mol. The van der Waals surface area contributed by atoms with Gasteiger partial charge in [0.2, 0.25) is 0 Å². The molecule has 3 rings (SSSR count). The minimum atomic E-state index is -3.08. The van der Waals surface area contributed by atoms with E-state index in [1.807, 2.05) is 4.90 Å². The van der Waals surface area contributed by atoms with Gasteiger partial charge >= 0.3 is 0 Å². The van der Waals surface area contributed by atoms with Gasteiger partial charge in [-0.15, -0.1) is 0 Å². The Morgan fingerprint density at radius 3 is 2.71 bits per heavy atom. The molecule has 1 spiro atoms. The van der Waals surface area contributed by atoms with Gasteiger partial charge in [-0.1, -0.05) is 6.42 Å². The van der Waals surface area contributed by atoms with E-state index in [2.05, 4.69) is 4.98 Å². The molecular formula is C14H19FN2O3S. The molecule has 1 aliphatic heterocycles. The topological polar surface area (TPSA) is 70.5 Å². The molecule has 21 heavy (non-hydrogen) atoms. The van der Waals surface area contributed by atoms with E-state index < -0.39 is 27.0 Å². The van der Waals surface area contributed by atoms with Crippen LogP contribution in [-0.2, 0) is 16.4 Å². The number of aliphatic hydroxyl groups excluding tert-OH is 1. The highest BCUT2D eigenvalue weighted by Gasteiger charge is 2.49. The summed E-state index contributed by atoms with van der Waals surface area (Å²) in [7, 11) is -3.08. The van der Waals surface area contributed by atoms with Crippen LogP contribution >= 0.6 is 0 Å². The summed E-state index contributed by atoms with van der Waals surface area (Å²) in [5.41, 5.74) is 0.186. The molecule has 0 unspecified atom stereocenters. The first-order chi connectivity index (χ1) is 9.97. The maximum atomic E-state index is 13.4. The molecule has 2 fully saturated rings. The minimum Gasteiger partial charge on any atom is -0.392 e. The second-order valence-corrected chi connectivity index (χ2v) is 8.39. The van der Waals surface area contributed by atoms with E-state index in [0.29, 0.717) is 25.3 Å². The molecule has 7 heteroatoms. The first kappa shape index (κ1) is 14.7. The van der Waals surface area contributed by atoms with Crippen molar-refractivity contribution in [3.63, 3.8) is 0 Å². The number of halogens is 1. The largest absolute Gasteiger partial charge is 0.392 e. The van der Waals surface area contributed by atoms with E-state index in [0.717, 1.165) is 25.5 Å². The highest BCUT2D eigenvalue weighted by atomic mass is 32.2. The molecule has 2 aliphatic rings. The zero-order valence-electron chi connectivity index (χ0n) is 11.8. The van der Waals surface area contributed by atoms with Crippen molar-refractivity contribution in [2.24, 2.45) is 0 Å². The maximum absolute atomic E-state index is 13.4. The van der Waals surface area contributed by atoms with E-state index >= 15 is 0 Å². The van der Waals surface area contributed by atoms with Crippen molar-refractivity contribution in [1.29, 1.82) is 0 Å². The third-order valence-electron chi connectivity index (χ3n) is 4.81. The number of nitrogens with zero attached hydrogens (tertiary/aromatic N) is 2. The van der Waals surface area contributed by atoms with Crippen LogP contribution < -0.4 is 4.90 Å². The summed E-state index contributed by atoms with van der Waals surface area (Å²) in [4.78, 5) is 5.91. The average molecular weight is 314 g/mol. The molecule has 0 atom stereocenters. The van der Waals surface area contributed by atoms with Crippen LogP contribution in [0.3, 0.4) is 0 Å². The van der Waals surface area contributed by atoms with Gasteiger partial charge in [-0.25, -0.2) is 17.8 Å². The summed E-state index contributed by atoms with van der Waals surface area (Å²) >= 11 is 0. The SMILES string of the molecule is O=S1(=O)CCN(c2cc(CO)c(F)cn2)CCC12CCC2. The molecule has 0 bridgehead atoms. The number of aromatic nitrogens is 1. The lowest BCUT2D eigenvalue weighted by molar-refractivity contribution is 0.275. The van der Waals surface area contributed by atoms with Gasteiger partial charge in [0.05, 0.1) is 23.3 Å². The van der Waals surface area contributed by atoms with Gasteiger partial charge in [0, 0.05) is 18.7 Å². The fraction of sp³-hybridized carbons (Fsp3) is 0.643. The highest BCUT2D eigenvalue weighted by Crippen LogP contribution is 2.44. The van der Waals surface area contributed by atoms with Crippen molar-refractivity contribution in [1.82, 2.24) is 4.98 Å². The maximum Gasteiger partial charge on any atom is 0.157 e. The normalized spacial score (nSPS) is 23.6. The molecule has 0 amide bonds. The predicted octanol–water partition coefficient (Wildman–Crippen LogP) is 1.26. The number of hydrogen-bond acceptors (Lipinski definition) is 5. The van der Waals surface area contributed by atoms with Gasteiger partial charge in [0.1, 0.15) is 11.6 Å². The molecule has 1 N–H and O–H groups in total. The average Bonchev–Trinajstić information content (AvgIpc) is 2.55. The monoisotopic (exact) mass is 314 g/mol. The molecule has 0 radical (unpaired) electrons. The standard InChI is InChI=1S/C14H19FN2O3S/c15-12-9-16-13(8-11(12)10-18)17-5-4-14(2-1-3-14)21(19,20)7-6-17/h8-9,18H,1-7,10H2. The van der Waals surface area contributed by atoms with Crippen molar-refractivity contribution in [2.45, 2.75) is 37.0 Å². The summed E-state index contributed by atoms with van der Waals surface area (Å²) < 4.78 is 37.7. The number of rotatable bonds is 2. The van der Waals surface area contributed by atoms with E-state index in [1.165, 1.54) is 6.07 Å². The molecular weight excluding hydrogens is 295 g/mol. The van der Waals surface area contributed by atoms with E-state index in [4.69, 9.17) is 5.11 Å². The molecule has 5 nitrogen and oxygen atoms in total. The molecule has 1 saturated carbocycles. The molecule has 1 aromatic heterocycles. The van der Waals surface area contributed by atoms with E-state index in [9.17, 15) is 12.8 Å². The van der Waals surface area contributed by atoms with E-state index in [-0.39, 0.29) is 11.3 Å². The molecule has 116 valence electrons. The second-order valence-electron chi connectivity index (χ2n) is 5.88.